The van der Waals surface area contributed by atoms with Gasteiger partial charge in [0, 0.05) is 10.7 Å². The number of halogens is 3. The van der Waals surface area contributed by atoms with Gasteiger partial charge in [0.2, 0.25) is 5.91 Å². The third-order valence-corrected chi connectivity index (χ3v) is 3.83. The van der Waals surface area contributed by atoms with Crippen LogP contribution in [-0.4, -0.2) is 15.5 Å². The molecule has 2 aromatic carbocycles. The summed E-state index contributed by atoms with van der Waals surface area (Å²) in [6, 6.07) is 8.57. The predicted molar refractivity (Wildman–Crippen MR) is 91.1 cm³/mol. The molecule has 3 rings (SSSR count). The Morgan fingerprint density at radius 2 is 2.00 bits per heavy atom. The zero-order chi connectivity index (χ0) is 17.3. The summed E-state index contributed by atoms with van der Waals surface area (Å²) < 4.78 is 14.3. The number of rotatable bonds is 3. The van der Waals surface area contributed by atoms with E-state index in [0.717, 1.165) is 6.07 Å². The highest BCUT2D eigenvalue weighted by Gasteiger charge is 2.10. The van der Waals surface area contributed by atoms with Crippen LogP contribution >= 0.6 is 23.2 Å². The van der Waals surface area contributed by atoms with E-state index < -0.39 is 11.7 Å². The molecule has 0 radical (unpaired) electrons. The van der Waals surface area contributed by atoms with Crippen molar-refractivity contribution in [3.05, 3.63) is 68.9 Å². The largest absolute Gasteiger partial charge is 0.324 e. The minimum Gasteiger partial charge on any atom is -0.324 e. The highest BCUT2D eigenvalue weighted by atomic mass is 35.5. The van der Waals surface area contributed by atoms with Gasteiger partial charge in [0.1, 0.15) is 12.4 Å². The first-order chi connectivity index (χ1) is 11.4. The zero-order valence-electron chi connectivity index (χ0n) is 12.1. The van der Waals surface area contributed by atoms with Crippen molar-refractivity contribution in [2.24, 2.45) is 0 Å². The number of anilines is 1. The van der Waals surface area contributed by atoms with Crippen LogP contribution in [0.3, 0.4) is 0 Å². The Balaban J connectivity index is 1.84. The molecule has 0 aliphatic heterocycles. The van der Waals surface area contributed by atoms with Gasteiger partial charge in [-0.05, 0) is 36.4 Å². The minimum atomic E-state index is -0.582. The van der Waals surface area contributed by atoms with Crippen molar-refractivity contribution in [3.63, 3.8) is 0 Å². The van der Waals surface area contributed by atoms with E-state index in [2.05, 4.69) is 10.3 Å². The number of aromatic nitrogens is 2. The Hall–Kier alpha value is -2.44. The van der Waals surface area contributed by atoms with Crippen LogP contribution < -0.4 is 10.9 Å². The number of nitrogens with one attached hydrogen (secondary N) is 1. The van der Waals surface area contributed by atoms with Crippen LogP contribution in [0.5, 0.6) is 0 Å². The van der Waals surface area contributed by atoms with Gasteiger partial charge in [-0.3, -0.25) is 14.2 Å². The number of benzene rings is 2. The van der Waals surface area contributed by atoms with Gasteiger partial charge in [-0.15, -0.1) is 0 Å². The maximum Gasteiger partial charge on any atom is 0.261 e. The maximum absolute atomic E-state index is 13.1. The van der Waals surface area contributed by atoms with Crippen molar-refractivity contribution < 1.29 is 9.18 Å². The van der Waals surface area contributed by atoms with Crippen molar-refractivity contribution >= 4 is 45.7 Å². The van der Waals surface area contributed by atoms with Crippen LogP contribution in [0, 0.1) is 5.82 Å². The fourth-order valence-electron chi connectivity index (χ4n) is 2.17. The molecule has 0 aliphatic carbocycles. The van der Waals surface area contributed by atoms with Crippen LogP contribution in [0.25, 0.3) is 10.9 Å². The van der Waals surface area contributed by atoms with Crippen molar-refractivity contribution in [1.29, 1.82) is 0 Å². The van der Waals surface area contributed by atoms with E-state index in [9.17, 15) is 14.0 Å². The van der Waals surface area contributed by atoms with E-state index in [1.54, 1.807) is 12.1 Å². The van der Waals surface area contributed by atoms with Crippen molar-refractivity contribution in [2.45, 2.75) is 6.54 Å². The molecule has 0 bridgehead atoms. The van der Waals surface area contributed by atoms with E-state index in [1.165, 1.54) is 29.1 Å². The van der Waals surface area contributed by atoms with Gasteiger partial charge in [-0.2, -0.15) is 0 Å². The Kier molecular flexibility index (Phi) is 4.51. The normalized spacial score (nSPS) is 10.8. The summed E-state index contributed by atoms with van der Waals surface area (Å²) in [6.45, 7) is -0.247. The molecule has 122 valence electrons. The van der Waals surface area contributed by atoms with Crippen molar-refractivity contribution in [3.8, 4) is 0 Å². The SMILES string of the molecule is O=C(Cn1cnc2ccc(Cl)cc2c1=O)Nc1ccc(F)c(Cl)c1. The summed E-state index contributed by atoms with van der Waals surface area (Å²) in [4.78, 5) is 28.6. The average Bonchev–Trinajstić information content (AvgIpc) is 2.54. The lowest BCUT2D eigenvalue weighted by Crippen LogP contribution is -2.27. The van der Waals surface area contributed by atoms with Gasteiger partial charge in [-0.1, -0.05) is 23.2 Å². The molecule has 0 spiro atoms. The van der Waals surface area contributed by atoms with E-state index in [0.29, 0.717) is 21.6 Å². The number of carbonyl (C=O) groups excluding carboxylic acids is 1. The first-order valence-electron chi connectivity index (χ1n) is 6.83. The second-order valence-corrected chi connectivity index (χ2v) is 5.86. The number of hydrogen-bond donors (Lipinski definition) is 1. The summed E-state index contributed by atoms with van der Waals surface area (Å²) in [6.07, 6.45) is 1.29. The molecule has 0 atom stereocenters. The third kappa shape index (κ3) is 3.39. The molecule has 0 saturated heterocycles. The summed E-state index contributed by atoms with van der Waals surface area (Å²) >= 11 is 11.5. The minimum absolute atomic E-state index is 0.105. The van der Waals surface area contributed by atoms with E-state index in [1.807, 2.05) is 0 Å². The molecule has 0 saturated carbocycles. The molecule has 1 amide bonds. The molecule has 1 heterocycles. The third-order valence-electron chi connectivity index (χ3n) is 3.30. The predicted octanol–water partition coefficient (Wildman–Crippen LogP) is 3.48. The molecule has 3 aromatic rings. The first-order valence-corrected chi connectivity index (χ1v) is 7.59. The summed E-state index contributed by atoms with van der Waals surface area (Å²) in [7, 11) is 0. The van der Waals surface area contributed by atoms with Gasteiger partial charge in [0.15, 0.2) is 0 Å². The fraction of sp³-hybridized carbons (Fsp3) is 0.0625. The smallest absolute Gasteiger partial charge is 0.261 e. The molecule has 1 N–H and O–H groups in total. The van der Waals surface area contributed by atoms with Gasteiger partial charge in [-0.25, -0.2) is 9.37 Å². The lowest BCUT2D eigenvalue weighted by Gasteiger charge is -2.08. The number of nitrogens with zero attached hydrogens (tertiary/aromatic N) is 2. The van der Waals surface area contributed by atoms with Crippen LogP contribution in [0.4, 0.5) is 10.1 Å². The van der Waals surface area contributed by atoms with Gasteiger partial charge in [0.25, 0.3) is 5.56 Å². The lowest BCUT2D eigenvalue weighted by atomic mass is 10.2. The molecule has 24 heavy (non-hydrogen) atoms. The van der Waals surface area contributed by atoms with E-state index in [4.69, 9.17) is 23.2 Å². The van der Waals surface area contributed by atoms with Crippen molar-refractivity contribution in [1.82, 2.24) is 9.55 Å². The Bertz CT molecular complexity index is 1000. The Morgan fingerprint density at radius 1 is 1.21 bits per heavy atom. The standard InChI is InChI=1S/C16H10Cl2FN3O2/c17-9-1-4-14-11(5-9)16(24)22(8-20-14)7-15(23)21-10-2-3-13(19)12(18)6-10/h1-6,8H,7H2,(H,21,23). The highest BCUT2D eigenvalue weighted by molar-refractivity contribution is 6.31. The monoisotopic (exact) mass is 365 g/mol. The van der Waals surface area contributed by atoms with Gasteiger partial charge < -0.3 is 5.32 Å². The highest BCUT2D eigenvalue weighted by Crippen LogP contribution is 2.19. The Labute approximate surface area is 145 Å². The Morgan fingerprint density at radius 3 is 2.75 bits per heavy atom. The van der Waals surface area contributed by atoms with Crippen LogP contribution in [-0.2, 0) is 11.3 Å². The maximum atomic E-state index is 13.1. The summed E-state index contributed by atoms with van der Waals surface area (Å²) in [5, 5.41) is 3.17. The summed E-state index contributed by atoms with van der Waals surface area (Å²) in [5.74, 6) is -1.05. The molecule has 5 nitrogen and oxygen atoms in total. The van der Waals surface area contributed by atoms with Crippen LogP contribution in [0.2, 0.25) is 10.0 Å². The van der Waals surface area contributed by atoms with E-state index in [-0.39, 0.29) is 17.1 Å². The molecular weight excluding hydrogens is 356 g/mol. The van der Waals surface area contributed by atoms with Gasteiger partial charge >= 0.3 is 0 Å². The number of fused-ring (bicyclic) bond motifs is 1. The topological polar surface area (TPSA) is 64.0 Å². The van der Waals surface area contributed by atoms with Crippen LogP contribution in [0.15, 0.2) is 47.5 Å². The quantitative estimate of drug-likeness (QED) is 0.772. The van der Waals surface area contributed by atoms with E-state index >= 15 is 0 Å². The molecule has 1 aromatic heterocycles. The molecular formula is C16H10Cl2FN3O2. The molecule has 8 heteroatoms. The second kappa shape index (κ2) is 6.59. The second-order valence-electron chi connectivity index (χ2n) is 5.02. The fourth-order valence-corrected chi connectivity index (χ4v) is 2.53. The molecule has 0 fully saturated rings. The number of hydrogen-bond acceptors (Lipinski definition) is 3. The molecule has 0 unspecified atom stereocenters. The average molecular weight is 366 g/mol. The number of amides is 1. The lowest BCUT2D eigenvalue weighted by molar-refractivity contribution is -0.116. The van der Waals surface area contributed by atoms with Crippen molar-refractivity contribution in [2.75, 3.05) is 5.32 Å². The molecule has 0 aliphatic rings. The van der Waals surface area contributed by atoms with Crippen LogP contribution in [0.1, 0.15) is 0 Å². The zero-order valence-corrected chi connectivity index (χ0v) is 13.6. The first kappa shape index (κ1) is 16.4. The number of carbonyl (C=O) groups is 1. The van der Waals surface area contributed by atoms with Gasteiger partial charge in [0.05, 0.1) is 22.3 Å². The summed E-state index contributed by atoms with van der Waals surface area (Å²) in [5.41, 5.74) is 0.442.